The monoisotopic (exact) mass is 502 g/mol. The summed E-state index contributed by atoms with van der Waals surface area (Å²) in [5.41, 5.74) is -1.55. The Bertz CT molecular complexity index is 1290. The van der Waals surface area contributed by atoms with E-state index < -0.39 is 34.9 Å². The molecule has 182 valence electrons. The topological polar surface area (TPSA) is 85.7 Å². The zero-order chi connectivity index (χ0) is 25.7. The van der Waals surface area contributed by atoms with Gasteiger partial charge in [0.15, 0.2) is 11.2 Å². The number of thiocarbonyl (C=S) groups is 1. The summed E-state index contributed by atoms with van der Waals surface area (Å²) in [5.74, 6) is -0.181. The van der Waals surface area contributed by atoms with Crippen LogP contribution in [0.3, 0.4) is 0 Å². The number of fused-ring (bicyclic) bond motifs is 1. The first-order valence-electron chi connectivity index (χ1n) is 10.7. The predicted molar refractivity (Wildman–Crippen MR) is 126 cm³/mol. The molecule has 1 atom stereocenters. The lowest BCUT2D eigenvalue weighted by atomic mass is 9.98. The molecule has 0 bridgehead atoms. The van der Waals surface area contributed by atoms with E-state index in [2.05, 4.69) is 5.32 Å². The molecule has 1 saturated heterocycles. The Kier molecular flexibility index (Phi) is 5.97. The SMILES string of the molecule is CNC(=O)[C@H]1CCc2cc(N3C(=S)N(c4ccc(C#N)c(C(F)(F)F)c4)C(=O)C3(C)C)ccc2O1. The second-order valence-electron chi connectivity index (χ2n) is 8.71. The Hall–Kier alpha value is -3.65. The molecule has 1 fully saturated rings. The van der Waals surface area contributed by atoms with Crippen LogP contribution in [-0.2, 0) is 22.2 Å². The van der Waals surface area contributed by atoms with Crippen molar-refractivity contribution in [1.82, 2.24) is 5.32 Å². The van der Waals surface area contributed by atoms with E-state index in [0.717, 1.165) is 22.6 Å². The zero-order valence-corrected chi connectivity index (χ0v) is 19.9. The Balaban J connectivity index is 1.71. The van der Waals surface area contributed by atoms with E-state index in [-0.39, 0.29) is 16.7 Å². The molecule has 0 radical (unpaired) electrons. The van der Waals surface area contributed by atoms with Crippen molar-refractivity contribution in [3.05, 3.63) is 53.1 Å². The van der Waals surface area contributed by atoms with Gasteiger partial charge in [-0.15, -0.1) is 0 Å². The van der Waals surface area contributed by atoms with Gasteiger partial charge in [-0.05, 0) is 80.9 Å². The van der Waals surface area contributed by atoms with Crippen LogP contribution >= 0.6 is 12.2 Å². The van der Waals surface area contributed by atoms with Crippen molar-refractivity contribution in [3.8, 4) is 11.8 Å². The summed E-state index contributed by atoms with van der Waals surface area (Å²) in [4.78, 5) is 27.9. The van der Waals surface area contributed by atoms with Gasteiger partial charge in [0, 0.05) is 12.7 Å². The molecule has 1 N–H and O–H groups in total. The highest BCUT2D eigenvalue weighted by atomic mass is 32.1. The summed E-state index contributed by atoms with van der Waals surface area (Å²) < 4.78 is 46.3. The maximum Gasteiger partial charge on any atom is 0.417 e. The maximum atomic E-state index is 13.5. The number of benzene rings is 2. The van der Waals surface area contributed by atoms with Gasteiger partial charge < -0.3 is 15.0 Å². The summed E-state index contributed by atoms with van der Waals surface area (Å²) >= 11 is 5.57. The summed E-state index contributed by atoms with van der Waals surface area (Å²) in [6.45, 7) is 3.26. The number of anilines is 2. The second-order valence-corrected chi connectivity index (χ2v) is 9.07. The van der Waals surface area contributed by atoms with E-state index in [9.17, 15) is 22.8 Å². The second kappa shape index (κ2) is 8.53. The number of carbonyl (C=O) groups excluding carboxylic acids is 2. The van der Waals surface area contributed by atoms with Crippen LogP contribution in [0, 0.1) is 11.3 Å². The van der Waals surface area contributed by atoms with E-state index in [1.807, 2.05) is 0 Å². The molecule has 2 amide bonds. The molecule has 7 nitrogen and oxygen atoms in total. The zero-order valence-electron chi connectivity index (χ0n) is 19.1. The minimum Gasteiger partial charge on any atom is -0.480 e. The first-order valence-corrected chi connectivity index (χ1v) is 11.1. The fourth-order valence-corrected chi connectivity index (χ4v) is 4.84. The first-order chi connectivity index (χ1) is 16.4. The molecule has 2 aromatic rings. The number of aryl methyl sites for hydroxylation is 1. The highest BCUT2D eigenvalue weighted by molar-refractivity contribution is 7.81. The Labute approximate surface area is 205 Å². The third-order valence-electron chi connectivity index (χ3n) is 6.14. The minimum absolute atomic E-state index is 0.0118. The molecule has 4 rings (SSSR count). The van der Waals surface area contributed by atoms with Gasteiger partial charge in [0.2, 0.25) is 0 Å². The Morgan fingerprint density at radius 1 is 1.23 bits per heavy atom. The van der Waals surface area contributed by atoms with E-state index in [0.29, 0.717) is 24.3 Å². The van der Waals surface area contributed by atoms with Crippen molar-refractivity contribution < 1.29 is 27.5 Å². The lowest BCUT2D eigenvalue weighted by molar-refractivity contribution is -0.137. The van der Waals surface area contributed by atoms with E-state index in [1.54, 1.807) is 36.9 Å². The number of likely N-dealkylation sites (N-methyl/N-ethyl adjacent to an activating group) is 1. The highest BCUT2D eigenvalue weighted by Gasteiger charge is 2.51. The van der Waals surface area contributed by atoms with Gasteiger partial charge in [-0.3, -0.25) is 14.5 Å². The van der Waals surface area contributed by atoms with Gasteiger partial charge in [0.25, 0.3) is 11.8 Å². The molecule has 2 aliphatic rings. The molecule has 0 aliphatic carbocycles. The summed E-state index contributed by atoms with van der Waals surface area (Å²) in [7, 11) is 1.54. The summed E-state index contributed by atoms with van der Waals surface area (Å²) in [5, 5.41) is 11.7. The summed E-state index contributed by atoms with van der Waals surface area (Å²) in [6.07, 6.45) is -4.34. The van der Waals surface area contributed by atoms with Gasteiger partial charge in [-0.25, -0.2) is 0 Å². The van der Waals surface area contributed by atoms with Gasteiger partial charge in [-0.2, -0.15) is 18.4 Å². The van der Waals surface area contributed by atoms with Crippen molar-refractivity contribution in [2.45, 2.75) is 44.5 Å². The molecule has 2 aromatic carbocycles. The lowest BCUT2D eigenvalue weighted by Gasteiger charge is -2.31. The number of nitrogens with one attached hydrogen (secondary N) is 1. The van der Waals surface area contributed by atoms with Crippen LogP contribution in [-0.4, -0.2) is 35.6 Å². The first kappa shape index (κ1) is 24.5. The third kappa shape index (κ3) is 4.08. The van der Waals surface area contributed by atoms with Gasteiger partial charge in [-0.1, -0.05) is 0 Å². The smallest absolute Gasteiger partial charge is 0.417 e. The predicted octanol–water partition coefficient (Wildman–Crippen LogP) is 3.93. The molecular weight excluding hydrogens is 481 g/mol. The molecule has 2 aliphatic heterocycles. The van der Waals surface area contributed by atoms with E-state index in [1.165, 1.54) is 19.2 Å². The van der Waals surface area contributed by atoms with Crippen LogP contribution in [0.4, 0.5) is 24.5 Å². The lowest BCUT2D eigenvalue weighted by Crippen LogP contribution is -2.44. The number of hydrogen-bond acceptors (Lipinski definition) is 5. The van der Waals surface area contributed by atoms with Crippen molar-refractivity contribution in [3.63, 3.8) is 0 Å². The molecule has 11 heteroatoms. The standard InChI is InChI=1S/C24H21F3N4O3S/c1-23(2)21(33)30(15-6-4-14(12-28)17(11-15)24(25,26)27)22(35)31(23)16-7-9-18-13(10-16)5-8-19(34-18)20(32)29-3/h4,6-7,9-11,19H,5,8H2,1-3H3,(H,29,32)/t19-/m1/s1. The Morgan fingerprint density at radius 3 is 2.54 bits per heavy atom. The normalized spacial score (nSPS) is 19.2. The van der Waals surface area contributed by atoms with Crippen molar-refractivity contribution in [2.75, 3.05) is 16.8 Å². The number of halogens is 3. The minimum atomic E-state index is -4.77. The van der Waals surface area contributed by atoms with Gasteiger partial charge in [0.05, 0.1) is 22.9 Å². The van der Waals surface area contributed by atoms with E-state index in [4.69, 9.17) is 22.2 Å². The van der Waals surface area contributed by atoms with Crippen LogP contribution in [0.2, 0.25) is 0 Å². The van der Waals surface area contributed by atoms with Crippen molar-refractivity contribution in [2.24, 2.45) is 0 Å². The number of rotatable bonds is 3. The average molecular weight is 503 g/mol. The van der Waals surface area contributed by atoms with Crippen LogP contribution < -0.4 is 19.9 Å². The molecule has 0 saturated carbocycles. The number of amides is 2. The molecule has 2 heterocycles. The molecule has 0 spiro atoms. The molecule has 35 heavy (non-hydrogen) atoms. The number of hydrogen-bond donors (Lipinski definition) is 1. The highest BCUT2D eigenvalue weighted by Crippen LogP contribution is 2.41. The third-order valence-corrected chi connectivity index (χ3v) is 6.51. The Morgan fingerprint density at radius 2 is 1.91 bits per heavy atom. The maximum absolute atomic E-state index is 13.5. The van der Waals surface area contributed by atoms with Crippen LogP contribution in [0.1, 0.15) is 37.0 Å². The van der Waals surface area contributed by atoms with Gasteiger partial charge >= 0.3 is 6.18 Å². The largest absolute Gasteiger partial charge is 0.480 e. The fourth-order valence-electron chi connectivity index (χ4n) is 4.32. The summed E-state index contributed by atoms with van der Waals surface area (Å²) in [6, 6.07) is 9.79. The van der Waals surface area contributed by atoms with E-state index >= 15 is 0 Å². The quantitative estimate of drug-likeness (QED) is 0.641. The van der Waals surface area contributed by atoms with Crippen LogP contribution in [0.5, 0.6) is 5.75 Å². The van der Waals surface area contributed by atoms with Gasteiger partial charge in [0.1, 0.15) is 11.3 Å². The number of nitrogens with zero attached hydrogens (tertiary/aromatic N) is 3. The number of alkyl halides is 3. The number of nitriles is 1. The van der Waals surface area contributed by atoms with Crippen LogP contribution in [0.15, 0.2) is 36.4 Å². The molecular formula is C24H21F3N4O3S. The molecule has 0 aromatic heterocycles. The van der Waals surface area contributed by atoms with Crippen LogP contribution in [0.25, 0.3) is 0 Å². The number of ether oxygens (including phenoxy) is 1. The fraction of sp³-hybridized carbons (Fsp3) is 0.333. The number of carbonyl (C=O) groups is 2. The molecule has 0 unspecified atom stereocenters. The van der Waals surface area contributed by atoms with Crippen molar-refractivity contribution in [1.29, 1.82) is 5.26 Å². The average Bonchev–Trinajstić information content (AvgIpc) is 3.00. The van der Waals surface area contributed by atoms with Crippen molar-refractivity contribution >= 4 is 40.5 Å².